The Labute approximate surface area is 238 Å². The Morgan fingerprint density at radius 3 is 2.54 bits per heavy atom. The first kappa shape index (κ1) is 27.5. The average molecular weight is 595 g/mol. The number of nitrogens with one attached hydrogen (secondary N) is 2. The highest BCUT2D eigenvalue weighted by Crippen LogP contribution is 2.28. The van der Waals surface area contributed by atoms with Gasteiger partial charge in [0, 0.05) is 73.3 Å². The number of hydrogen-bond donors (Lipinski definition) is 2. The SMILES string of the molecule is COc1ccc2cc1CN(C)CCCNC(=O)CN1CCN(CC1)Cc1cc(Br)cc(c1)Nc1nccc-2n1. The number of piperazine rings is 1. The maximum atomic E-state index is 12.5. The van der Waals surface area contributed by atoms with Crippen molar-refractivity contribution in [3.8, 4) is 17.0 Å². The molecule has 3 aliphatic rings. The van der Waals surface area contributed by atoms with Crippen molar-refractivity contribution in [2.45, 2.75) is 19.5 Å². The van der Waals surface area contributed by atoms with E-state index in [0.717, 1.165) is 85.0 Å². The van der Waals surface area contributed by atoms with E-state index in [0.29, 0.717) is 19.0 Å². The number of carbonyl (C=O) groups is 1. The normalized spacial score (nSPS) is 21.1. The molecule has 3 aliphatic heterocycles. The van der Waals surface area contributed by atoms with Crippen LogP contribution in [0.3, 0.4) is 0 Å². The van der Waals surface area contributed by atoms with E-state index in [4.69, 9.17) is 9.72 Å². The molecule has 0 saturated carbocycles. The van der Waals surface area contributed by atoms with Crippen LogP contribution in [0.1, 0.15) is 17.5 Å². The molecule has 1 aromatic heterocycles. The van der Waals surface area contributed by atoms with Crippen LogP contribution in [-0.2, 0) is 17.9 Å². The molecule has 2 N–H and O–H groups in total. The van der Waals surface area contributed by atoms with Gasteiger partial charge in [0.25, 0.3) is 0 Å². The van der Waals surface area contributed by atoms with E-state index in [2.05, 4.69) is 71.5 Å². The molecule has 206 valence electrons. The van der Waals surface area contributed by atoms with Crippen molar-refractivity contribution in [1.82, 2.24) is 30.0 Å². The Balaban J connectivity index is 1.42. The molecule has 0 aliphatic carbocycles. The summed E-state index contributed by atoms with van der Waals surface area (Å²) in [5, 5.41) is 6.50. The Morgan fingerprint density at radius 1 is 0.949 bits per heavy atom. The Kier molecular flexibility index (Phi) is 9.08. The maximum absolute atomic E-state index is 12.5. The predicted molar refractivity (Wildman–Crippen MR) is 157 cm³/mol. The summed E-state index contributed by atoms with van der Waals surface area (Å²) in [6.07, 6.45) is 2.67. The monoisotopic (exact) mass is 593 g/mol. The number of aromatic nitrogens is 2. The first-order valence-corrected chi connectivity index (χ1v) is 14.2. The molecular weight excluding hydrogens is 558 g/mol. The largest absolute Gasteiger partial charge is 0.496 e. The van der Waals surface area contributed by atoms with Gasteiger partial charge in [-0.1, -0.05) is 15.9 Å². The van der Waals surface area contributed by atoms with E-state index < -0.39 is 0 Å². The molecule has 1 saturated heterocycles. The van der Waals surface area contributed by atoms with Gasteiger partial charge >= 0.3 is 0 Å². The molecule has 3 aromatic rings. The van der Waals surface area contributed by atoms with Gasteiger partial charge in [0.15, 0.2) is 0 Å². The smallest absolute Gasteiger partial charge is 0.234 e. The zero-order chi connectivity index (χ0) is 27.2. The van der Waals surface area contributed by atoms with E-state index in [1.54, 1.807) is 13.3 Å². The molecule has 0 unspecified atom stereocenters. The van der Waals surface area contributed by atoms with Gasteiger partial charge in [-0.2, -0.15) is 0 Å². The Morgan fingerprint density at radius 2 is 1.74 bits per heavy atom. The van der Waals surface area contributed by atoms with Crippen molar-refractivity contribution in [2.24, 2.45) is 0 Å². The minimum absolute atomic E-state index is 0.101. The van der Waals surface area contributed by atoms with Crippen LogP contribution in [0.15, 0.2) is 53.1 Å². The zero-order valence-corrected chi connectivity index (χ0v) is 24.2. The topological polar surface area (TPSA) is 85.9 Å². The summed E-state index contributed by atoms with van der Waals surface area (Å²) in [6.45, 7) is 7.19. The molecule has 39 heavy (non-hydrogen) atoms. The van der Waals surface area contributed by atoms with Crippen LogP contribution in [0.4, 0.5) is 11.6 Å². The van der Waals surface area contributed by atoms with Gasteiger partial charge in [0.05, 0.1) is 19.3 Å². The minimum atomic E-state index is 0.101. The van der Waals surface area contributed by atoms with Gasteiger partial charge in [-0.3, -0.25) is 14.6 Å². The van der Waals surface area contributed by atoms with Crippen molar-refractivity contribution in [2.75, 3.05) is 65.3 Å². The number of nitrogens with zero attached hydrogens (tertiary/aromatic N) is 5. The number of amides is 1. The van der Waals surface area contributed by atoms with E-state index in [1.807, 2.05) is 24.3 Å². The summed E-state index contributed by atoms with van der Waals surface area (Å²) in [4.78, 5) is 28.8. The number of methoxy groups -OCH3 is 1. The van der Waals surface area contributed by atoms with Crippen LogP contribution in [0.2, 0.25) is 0 Å². The summed E-state index contributed by atoms with van der Waals surface area (Å²) >= 11 is 3.67. The number of ether oxygens (including phenoxy) is 1. The predicted octanol–water partition coefficient (Wildman–Crippen LogP) is 3.73. The van der Waals surface area contributed by atoms with E-state index in [9.17, 15) is 4.79 Å². The lowest BCUT2D eigenvalue weighted by Gasteiger charge is -2.34. The van der Waals surface area contributed by atoms with Gasteiger partial charge < -0.3 is 20.3 Å². The van der Waals surface area contributed by atoms with E-state index in [-0.39, 0.29) is 5.91 Å². The third-order valence-electron chi connectivity index (χ3n) is 7.16. The van der Waals surface area contributed by atoms with E-state index >= 15 is 0 Å². The molecule has 0 radical (unpaired) electrons. The molecule has 9 nitrogen and oxygen atoms in total. The standard InChI is InChI=1S/C29H36BrN7O2/c1-35-9-3-7-31-28(38)20-37-12-10-36(11-13-37)18-21-14-24(30)17-25(15-21)33-29-32-8-6-26(34-29)22-4-5-27(39-2)23(16-22)19-35/h4-6,8,14-17H,3,7,9-13,18-20H2,1-2H3,(H,31,38)(H,32,33,34). The fourth-order valence-corrected chi connectivity index (χ4v) is 5.69. The second-order valence-corrected chi connectivity index (χ2v) is 11.2. The molecule has 1 amide bonds. The molecular formula is C29H36BrN7O2. The second kappa shape index (κ2) is 12.9. The van der Waals surface area contributed by atoms with Crippen LogP contribution >= 0.6 is 15.9 Å². The van der Waals surface area contributed by atoms with Crippen molar-refractivity contribution in [3.05, 3.63) is 64.3 Å². The number of carbonyl (C=O) groups excluding carboxylic acids is 1. The highest BCUT2D eigenvalue weighted by molar-refractivity contribution is 9.10. The molecule has 2 aromatic carbocycles. The molecule has 1 fully saturated rings. The molecule has 10 heteroatoms. The lowest BCUT2D eigenvalue weighted by molar-refractivity contribution is -0.122. The number of anilines is 2. The second-order valence-electron chi connectivity index (χ2n) is 10.3. The first-order valence-electron chi connectivity index (χ1n) is 13.4. The van der Waals surface area contributed by atoms with E-state index in [1.165, 1.54) is 5.56 Å². The number of halogens is 1. The van der Waals surface area contributed by atoms with Crippen molar-refractivity contribution in [3.63, 3.8) is 0 Å². The molecule has 4 heterocycles. The summed E-state index contributed by atoms with van der Waals surface area (Å²) < 4.78 is 6.66. The summed E-state index contributed by atoms with van der Waals surface area (Å²) in [5.41, 5.74) is 5.07. The summed E-state index contributed by atoms with van der Waals surface area (Å²) in [5.74, 6) is 1.50. The number of hydrogen-bond acceptors (Lipinski definition) is 8. The van der Waals surface area contributed by atoms with Crippen LogP contribution in [0.25, 0.3) is 11.3 Å². The van der Waals surface area contributed by atoms with Gasteiger partial charge in [0.2, 0.25) is 11.9 Å². The Bertz CT molecular complexity index is 1300. The van der Waals surface area contributed by atoms with Crippen LogP contribution in [-0.4, -0.2) is 90.5 Å². The van der Waals surface area contributed by atoms with Crippen LogP contribution in [0.5, 0.6) is 5.75 Å². The molecule has 8 bridgehead atoms. The lowest BCUT2D eigenvalue weighted by atomic mass is 10.1. The quantitative estimate of drug-likeness (QED) is 0.441. The van der Waals surface area contributed by atoms with Gasteiger partial charge in [-0.15, -0.1) is 0 Å². The van der Waals surface area contributed by atoms with Crippen LogP contribution < -0.4 is 15.4 Å². The number of fused-ring (bicyclic) bond motifs is 9. The summed E-state index contributed by atoms with van der Waals surface area (Å²) in [7, 11) is 3.79. The first-order chi connectivity index (χ1) is 18.9. The third-order valence-corrected chi connectivity index (χ3v) is 7.62. The third kappa shape index (κ3) is 7.54. The minimum Gasteiger partial charge on any atom is -0.496 e. The molecule has 6 rings (SSSR count). The fourth-order valence-electron chi connectivity index (χ4n) is 5.15. The highest BCUT2D eigenvalue weighted by atomic mass is 79.9. The van der Waals surface area contributed by atoms with Crippen molar-refractivity contribution >= 4 is 33.5 Å². The fraction of sp³-hybridized carbons (Fsp3) is 0.414. The molecule has 0 atom stereocenters. The number of benzene rings is 2. The lowest BCUT2D eigenvalue weighted by Crippen LogP contribution is -2.49. The van der Waals surface area contributed by atoms with Gasteiger partial charge in [-0.25, -0.2) is 9.97 Å². The van der Waals surface area contributed by atoms with Crippen LogP contribution in [0, 0.1) is 0 Å². The van der Waals surface area contributed by atoms with Gasteiger partial charge in [-0.05, 0) is 68.0 Å². The summed E-state index contributed by atoms with van der Waals surface area (Å²) in [6, 6.07) is 14.4. The molecule has 0 spiro atoms. The number of rotatable bonds is 1. The average Bonchev–Trinajstić information content (AvgIpc) is 2.91. The zero-order valence-electron chi connectivity index (χ0n) is 22.6. The van der Waals surface area contributed by atoms with Crippen molar-refractivity contribution < 1.29 is 9.53 Å². The van der Waals surface area contributed by atoms with Crippen molar-refractivity contribution in [1.29, 1.82) is 0 Å². The Hall–Kier alpha value is -3.05. The maximum Gasteiger partial charge on any atom is 0.234 e. The highest BCUT2D eigenvalue weighted by Gasteiger charge is 2.19. The van der Waals surface area contributed by atoms with Gasteiger partial charge in [0.1, 0.15) is 5.75 Å².